The van der Waals surface area contributed by atoms with Crippen LogP contribution in [0.5, 0.6) is 0 Å². The summed E-state index contributed by atoms with van der Waals surface area (Å²) in [5.41, 5.74) is 0.442. The van der Waals surface area contributed by atoms with E-state index in [2.05, 4.69) is 20.8 Å². The third-order valence-corrected chi connectivity index (χ3v) is 4.66. The van der Waals surface area contributed by atoms with Crippen molar-refractivity contribution in [1.29, 1.82) is 0 Å². The fraction of sp³-hybridized carbons (Fsp3) is 0.600. The van der Waals surface area contributed by atoms with Gasteiger partial charge in [0.1, 0.15) is 5.78 Å². The second-order valence-electron chi connectivity index (χ2n) is 7.40. The van der Waals surface area contributed by atoms with E-state index >= 15 is 0 Å². The zero-order chi connectivity index (χ0) is 19.2. The molecule has 2 unspecified atom stereocenters. The molecular formula is C20H29NO4. The number of nitrogens with zero attached hydrogens (tertiary/aromatic N) is 1. The summed E-state index contributed by atoms with van der Waals surface area (Å²) >= 11 is 0. The second kappa shape index (κ2) is 8.88. The Morgan fingerprint density at radius 2 is 1.76 bits per heavy atom. The van der Waals surface area contributed by atoms with Crippen LogP contribution in [0.25, 0.3) is 0 Å². The number of Topliss-reactive ketones (excluding diaryl/α,β-unsaturated/α-hetero) is 2. The average molecular weight is 347 g/mol. The molecule has 5 nitrogen and oxygen atoms in total. The number of rotatable bonds is 3. The first-order valence-corrected chi connectivity index (χ1v) is 9.01. The molecule has 0 heterocycles. The molecule has 1 fully saturated rings. The number of nitro benzene ring substituents is 1. The molecule has 0 radical (unpaired) electrons. The molecule has 0 aromatic heterocycles. The summed E-state index contributed by atoms with van der Waals surface area (Å²) in [6, 6.07) is 5.52. The van der Waals surface area contributed by atoms with Crippen LogP contribution in [-0.2, 0) is 4.79 Å². The molecule has 0 amide bonds. The van der Waals surface area contributed by atoms with Gasteiger partial charge in [-0.25, -0.2) is 0 Å². The van der Waals surface area contributed by atoms with Gasteiger partial charge in [-0.05, 0) is 42.7 Å². The maximum Gasteiger partial charge on any atom is 0.269 e. The van der Waals surface area contributed by atoms with E-state index in [1.165, 1.54) is 24.3 Å². The summed E-state index contributed by atoms with van der Waals surface area (Å²) in [4.78, 5) is 35.3. The smallest absolute Gasteiger partial charge is 0.269 e. The van der Waals surface area contributed by atoms with Crippen LogP contribution in [0, 0.1) is 27.4 Å². The largest absolute Gasteiger partial charge is 0.299 e. The van der Waals surface area contributed by atoms with Crippen LogP contribution in [0.2, 0.25) is 0 Å². The summed E-state index contributed by atoms with van der Waals surface area (Å²) in [7, 11) is 0. The first-order chi connectivity index (χ1) is 11.7. The van der Waals surface area contributed by atoms with Crippen molar-refractivity contribution < 1.29 is 14.5 Å². The Hall–Kier alpha value is -2.04. The summed E-state index contributed by atoms with van der Waals surface area (Å²) in [6.07, 6.45) is 2.76. The molecule has 0 spiro atoms. The molecule has 0 aliphatic heterocycles. The summed E-state index contributed by atoms with van der Waals surface area (Å²) < 4.78 is 0. The van der Waals surface area contributed by atoms with Gasteiger partial charge in [-0.2, -0.15) is 0 Å². The van der Waals surface area contributed by atoms with E-state index in [9.17, 15) is 19.7 Å². The lowest BCUT2D eigenvalue weighted by Gasteiger charge is -2.32. The molecule has 2 atom stereocenters. The van der Waals surface area contributed by atoms with Gasteiger partial charge < -0.3 is 0 Å². The van der Waals surface area contributed by atoms with Gasteiger partial charge in [0.25, 0.3) is 5.69 Å². The fourth-order valence-electron chi connectivity index (χ4n) is 3.50. The van der Waals surface area contributed by atoms with Gasteiger partial charge in [0.2, 0.25) is 0 Å². The Morgan fingerprint density at radius 1 is 1.20 bits per heavy atom. The lowest BCUT2D eigenvalue weighted by Crippen LogP contribution is -2.31. The monoisotopic (exact) mass is 347 g/mol. The Balaban J connectivity index is 0.00000151. The van der Waals surface area contributed by atoms with Crippen molar-refractivity contribution in [2.75, 3.05) is 0 Å². The number of hydrogen-bond acceptors (Lipinski definition) is 4. The van der Waals surface area contributed by atoms with Crippen molar-refractivity contribution in [2.24, 2.45) is 17.3 Å². The van der Waals surface area contributed by atoms with Crippen molar-refractivity contribution in [3.63, 3.8) is 0 Å². The molecule has 138 valence electrons. The SMILES string of the molecule is CC.CC1CC(C(=O)c2ccc([N+](=O)[O-])cc2)C(=O)CCC(C)(C)C1. The minimum absolute atomic E-state index is 0.00650. The molecule has 1 aromatic rings. The molecule has 1 aliphatic rings. The highest BCUT2D eigenvalue weighted by Gasteiger charge is 2.34. The number of carbonyl (C=O) groups is 2. The summed E-state index contributed by atoms with van der Waals surface area (Å²) in [5.74, 6) is -0.548. The van der Waals surface area contributed by atoms with Gasteiger partial charge in [-0.3, -0.25) is 19.7 Å². The molecule has 1 aromatic carbocycles. The van der Waals surface area contributed by atoms with Crippen molar-refractivity contribution in [3.05, 3.63) is 39.9 Å². The predicted octanol–water partition coefficient (Wildman–Crippen LogP) is 5.23. The Kier molecular flexibility index (Phi) is 7.46. The number of hydrogen-bond donors (Lipinski definition) is 0. The van der Waals surface area contributed by atoms with Crippen LogP contribution >= 0.6 is 0 Å². The lowest BCUT2D eigenvalue weighted by molar-refractivity contribution is -0.384. The van der Waals surface area contributed by atoms with E-state index in [0.29, 0.717) is 24.3 Å². The van der Waals surface area contributed by atoms with E-state index in [1.54, 1.807) is 0 Å². The molecule has 1 aliphatic carbocycles. The quantitative estimate of drug-likeness (QED) is 0.325. The van der Waals surface area contributed by atoms with Gasteiger partial charge in [-0.15, -0.1) is 0 Å². The van der Waals surface area contributed by atoms with Gasteiger partial charge in [0.15, 0.2) is 5.78 Å². The second-order valence-corrected chi connectivity index (χ2v) is 7.40. The molecule has 0 saturated heterocycles. The highest BCUT2D eigenvalue weighted by atomic mass is 16.6. The first-order valence-electron chi connectivity index (χ1n) is 9.01. The number of non-ortho nitro benzene ring substituents is 1. The van der Waals surface area contributed by atoms with Crippen LogP contribution in [-0.4, -0.2) is 16.5 Å². The number of ketones is 2. The van der Waals surface area contributed by atoms with Crippen LogP contribution in [0.15, 0.2) is 24.3 Å². The molecule has 0 bridgehead atoms. The van der Waals surface area contributed by atoms with E-state index in [4.69, 9.17) is 0 Å². The van der Waals surface area contributed by atoms with Gasteiger partial charge >= 0.3 is 0 Å². The van der Waals surface area contributed by atoms with E-state index in [0.717, 1.165) is 12.8 Å². The van der Waals surface area contributed by atoms with Crippen molar-refractivity contribution in [1.82, 2.24) is 0 Å². The minimum Gasteiger partial charge on any atom is -0.299 e. The summed E-state index contributed by atoms with van der Waals surface area (Å²) in [5, 5.41) is 10.7. The molecule has 5 heteroatoms. The first kappa shape index (κ1) is 21.0. The van der Waals surface area contributed by atoms with Crippen molar-refractivity contribution >= 4 is 17.3 Å². The Labute approximate surface area is 150 Å². The molecule has 0 N–H and O–H groups in total. The minimum atomic E-state index is -0.623. The highest BCUT2D eigenvalue weighted by Crippen LogP contribution is 2.37. The highest BCUT2D eigenvalue weighted by molar-refractivity contribution is 6.10. The van der Waals surface area contributed by atoms with Gasteiger partial charge in [-0.1, -0.05) is 34.6 Å². The fourth-order valence-corrected chi connectivity index (χ4v) is 3.50. The maximum absolute atomic E-state index is 12.7. The number of benzene rings is 1. The van der Waals surface area contributed by atoms with E-state index in [1.807, 2.05) is 13.8 Å². The normalized spacial score (nSPS) is 22.8. The van der Waals surface area contributed by atoms with E-state index in [-0.39, 0.29) is 22.7 Å². The van der Waals surface area contributed by atoms with Crippen LogP contribution in [0.1, 0.15) is 70.7 Å². The lowest BCUT2D eigenvalue weighted by atomic mass is 9.71. The van der Waals surface area contributed by atoms with E-state index < -0.39 is 10.8 Å². The molecule has 2 rings (SSSR count). The van der Waals surface area contributed by atoms with Crippen LogP contribution in [0.4, 0.5) is 5.69 Å². The van der Waals surface area contributed by atoms with Crippen LogP contribution in [0.3, 0.4) is 0 Å². The third kappa shape index (κ3) is 5.76. The maximum atomic E-state index is 12.7. The van der Waals surface area contributed by atoms with Crippen LogP contribution < -0.4 is 0 Å². The Morgan fingerprint density at radius 3 is 2.28 bits per heavy atom. The Bertz CT molecular complexity index is 619. The molecule has 1 saturated carbocycles. The predicted molar refractivity (Wildman–Crippen MR) is 98.7 cm³/mol. The number of nitro groups is 1. The van der Waals surface area contributed by atoms with Crippen molar-refractivity contribution in [3.8, 4) is 0 Å². The zero-order valence-corrected chi connectivity index (χ0v) is 15.9. The average Bonchev–Trinajstić information content (AvgIpc) is 2.57. The topological polar surface area (TPSA) is 77.3 Å². The molecule has 25 heavy (non-hydrogen) atoms. The van der Waals surface area contributed by atoms with Crippen molar-refractivity contribution in [2.45, 2.75) is 60.3 Å². The zero-order valence-electron chi connectivity index (χ0n) is 15.9. The standard InChI is InChI=1S/C18H23NO4.C2H6/c1-12-10-15(16(20)8-9-18(2,3)11-12)17(21)13-4-6-14(7-5-13)19(22)23;1-2/h4-7,12,15H,8-11H2,1-3H3;1-2H3. The van der Waals surface area contributed by atoms with Gasteiger partial charge in [0, 0.05) is 24.1 Å². The number of carbonyl (C=O) groups excluding carboxylic acids is 2. The van der Waals surface area contributed by atoms with Gasteiger partial charge in [0.05, 0.1) is 10.8 Å². The third-order valence-electron chi connectivity index (χ3n) is 4.66. The molecular weight excluding hydrogens is 318 g/mol. The summed E-state index contributed by atoms with van der Waals surface area (Å²) in [6.45, 7) is 10.4.